The number of halogens is 1. The minimum absolute atomic E-state index is 0.0114. The highest BCUT2D eigenvalue weighted by Gasteiger charge is 2.20. The van der Waals surface area contributed by atoms with Gasteiger partial charge in [0.25, 0.3) is 5.91 Å². The third-order valence-corrected chi connectivity index (χ3v) is 5.59. The van der Waals surface area contributed by atoms with Gasteiger partial charge in [-0.25, -0.2) is 17.5 Å². The van der Waals surface area contributed by atoms with Gasteiger partial charge in [-0.05, 0) is 50.6 Å². The normalized spacial score (nSPS) is 12.4. The van der Waals surface area contributed by atoms with Gasteiger partial charge in [-0.3, -0.25) is 4.79 Å². The second-order valence-corrected chi connectivity index (χ2v) is 8.05. The number of nitrogens with one attached hydrogen (secondary N) is 2. The first-order valence-corrected chi connectivity index (χ1v) is 10.6. The molecule has 0 fully saturated rings. The summed E-state index contributed by atoms with van der Waals surface area (Å²) in [6, 6.07) is 9.51. The van der Waals surface area contributed by atoms with Gasteiger partial charge in [-0.1, -0.05) is 25.5 Å². The van der Waals surface area contributed by atoms with Crippen molar-refractivity contribution < 1.29 is 22.3 Å². The van der Waals surface area contributed by atoms with Crippen LogP contribution in [0, 0.1) is 5.82 Å². The number of ether oxygens (including phenoxy) is 1. The predicted molar refractivity (Wildman–Crippen MR) is 107 cm³/mol. The number of sulfonamides is 1. The van der Waals surface area contributed by atoms with Crippen LogP contribution < -0.4 is 14.8 Å². The van der Waals surface area contributed by atoms with Crippen LogP contribution in [0.5, 0.6) is 5.75 Å². The van der Waals surface area contributed by atoms with Crippen molar-refractivity contribution in [2.75, 3.05) is 11.9 Å². The summed E-state index contributed by atoms with van der Waals surface area (Å²) in [5.41, 5.74) is 0.00836. The van der Waals surface area contributed by atoms with Crippen molar-refractivity contribution in [3.05, 3.63) is 53.8 Å². The maximum absolute atomic E-state index is 13.9. The molecule has 0 heterocycles. The molecular weight excluding hydrogens is 383 g/mol. The summed E-state index contributed by atoms with van der Waals surface area (Å²) in [6.45, 7) is 5.84. The number of carbonyl (C=O) groups is 1. The van der Waals surface area contributed by atoms with E-state index in [9.17, 15) is 17.6 Å². The van der Waals surface area contributed by atoms with Crippen LogP contribution in [-0.4, -0.2) is 27.0 Å². The molecule has 152 valence electrons. The molecule has 1 amide bonds. The first-order valence-electron chi connectivity index (χ1n) is 9.13. The van der Waals surface area contributed by atoms with E-state index in [0.29, 0.717) is 18.8 Å². The van der Waals surface area contributed by atoms with E-state index in [-0.39, 0.29) is 22.2 Å². The first kappa shape index (κ1) is 21.8. The minimum atomic E-state index is -3.78. The van der Waals surface area contributed by atoms with Gasteiger partial charge in [0.1, 0.15) is 11.6 Å². The number of benzene rings is 2. The van der Waals surface area contributed by atoms with Crippen molar-refractivity contribution in [1.82, 2.24) is 4.72 Å². The predicted octanol–water partition coefficient (Wildman–Crippen LogP) is 3.94. The number of hydrogen-bond donors (Lipinski definition) is 2. The van der Waals surface area contributed by atoms with Crippen LogP contribution in [0.15, 0.2) is 47.4 Å². The molecule has 0 aromatic heterocycles. The molecule has 0 bridgehead atoms. The van der Waals surface area contributed by atoms with Crippen LogP contribution in [-0.2, 0) is 10.0 Å². The zero-order chi connectivity index (χ0) is 20.7. The average molecular weight is 408 g/mol. The van der Waals surface area contributed by atoms with Gasteiger partial charge in [-0.2, -0.15) is 0 Å². The Morgan fingerprint density at radius 1 is 1.18 bits per heavy atom. The SMILES string of the molecule is CCC[C@H](C)NS(=O)(=O)c1ccc(OCC)c(NC(=O)c2ccccc2F)c1. The van der Waals surface area contributed by atoms with Gasteiger partial charge in [0.05, 0.1) is 22.8 Å². The van der Waals surface area contributed by atoms with E-state index in [1.165, 1.54) is 36.4 Å². The van der Waals surface area contributed by atoms with Gasteiger partial charge in [-0.15, -0.1) is 0 Å². The fraction of sp³-hybridized carbons (Fsp3) is 0.350. The van der Waals surface area contributed by atoms with Crippen LogP contribution in [0.3, 0.4) is 0 Å². The number of rotatable bonds is 9. The smallest absolute Gasteiger partial charge is 0.258 e. The lowest BCUT2D eigenvalue weighted by molar-refractivity contribution is 0.102. The molecule has 0 unspecified atom stereocenters. The van der Waals surface area contributed by atoms with Crippen LogP contribution in [0.1, 0.15) is 44.0 Å². The quantitative estimate of drug-likeness (QED) is 0.658. The summed E-state index contributed by atoms with van der Waals surface area (Å²) in [5.74, 6) is -1.06. The molecule has 2 rings (SSSR count). The molecule has 1 atom stereocenters. The molecule has 0 saturated carbocycles. The molecule has 28 heavy (non-hydrogen) atoms. The van der Waals surface area contributed by atoms with Crippen LogP contribution in [0.2, 0.25) is 0 Å². The second-order valence-electron chi connectivity index (χ2n) is 6.34. The molecule has 0 radical (unpaired) electrons. The zero-order valence-electron chi connectivity index (χ0n) is 16.2. The molecule has 2 aromatic rings. The molecule has 0 spiro atoms. The lowest BCUT2D eigenvalue weighted by Crippen LogP contribution is -2.32. The Labute approximate surface area is 165 Å². The topological polar surface area (TPSA) is 84.5 Å². The second kappa shape index (κ2) is 9.66. The van der Waals surface area contributed by atoms with Crippen LogP contribution >= 0.6 is 0 Å². The van der Waals surface area contributed by atoms with Gasteiger partial charge < -0.3 is 10.1 Å². The number of hydrogen-bond acceptors (Lipinski definition) is 4. The molecule has 8 heteroatoms. The van der Waals surface area contributed by atoms with E-state index in [1.807, 2.05) is 6.92 Å². The Morgan fingerprint density at radius 2 is 1.89 bits per heavy atom. The van der Waals surface area contributed by atoms with E-state index < -0.39 is 21.7 Å². The third kappa shape index (κ3) is 5.53. The van der Waals surface area contributed by atoms with Crippen LogP contribution in [0.25, 0.3) is 0 Å². The zero-order valence-corrected chi connectivity index (χ0v) is 17.0. The third-order valence-electron chi connectivity index (χ3n) is 4.01. The summed E-state index contributed by atoms with van der Waals surface area (Å²) in [4.78, 5) is 12.4. The Bertz CT molecular complexity index is 932. The summed E-state index contributed by atoms with van der Waals surface area (Å²) < 4.78 is 47.2. The van der Waals surface area contributed by atoms with Gasteiger partial charge >= 0.3 is 0 Å². The Balaban J connectivity index is 2.35. The largest absolute Gasteiger partial charge is 0.492 e. The molecule has 0 saturated heterocycles. The standard InChI is InChI=1S/C20H25FN2O4S/c1-4-8-14(3)23-28(25,26)15-11-12-19(27-5-2)18(13-15)22-20(24)16-9-6-7-10-17(16)21/h6-7,9-14,23H,4-5,8H2,1-3H3,(H,22,24)/t14-/m0/s1. The van der Waals surface area contributed by atoms with E-state index in [2.05, 4.69) is 10.0 Å². The number of amides is 1. The molecular formula is C20H25FN2O4S. The number of anilines is 1. The van der Waals surface area contributed by atoms with Crippen molar-refractivity contribution >= 4 is 21.6 Å². The van der Waals surface area contributed by atoms with Crippen molar-refractivity contribution in [1.29, 1.82) is 0 Å². The molecule has 2 aromatic carbocycles. The molecule has 6 nitrogen and oxygen atoms in total. The summed E-state index contributed by atoms with van der Waals surface area (Å²) in [5, 5.41) is 2.55. The van der Waals surface area contributed by atoms with Crippen molar-refractivity contribution in [3.63, 3.8) is 0 Å². The number of carbonyl (C=O) groups excluding carboxylic acids is 1. The maximum atomic E-state index is 13.9. The Morgan fingerprint density at radius 3 is 2.54 bits per heavy atom. The van der Waals surface area contributed by atoms with E-state index in [0.717, 1.165) is 6.42 Å². The molecule has 0 aliphatic rings. The van der Waals surface area contributed by atoms with E-state index in [4.69, 9.17) is 4.74 Å². The summed E-state index contributed by atoms with van der Waals surface area (Å²) in [7, 11) is -3.78. The minimum Gasteiger partial charge on any atom is -0.492 e. The fourth-order valence-electron chi connectivity index (χ4n) is 2.72. The highest BCUT2D eigenvalue weighted by atomic mass is 32.2. The summed E-state index contributed by atoms with van der Waals surface area (Å²) >= 11 is 0. The summed E-state index contributed by atoms with van der Waals surface area (Å²) in [6.07, 6.45) is 1.55. The van der Waals surface area contributed by atoms with Gasteiger partial charge in [0, 0.05) is 6.04 Å². The molecule has 0 aliphatic carbocycles. The van der Waals surface area contributed by atoms with Crippen molar-refractivity contribution in [2.45, 2.75) is 44.6 Å². The Kier molecular flexibility index (Phi) is 7.53. The van der Waals surface area contributed by atoms with Crippen LogP contribution in [0.4, 0.5) is 10.1 Å². The van der Waals surface area contributed by atoms with E-state index >= 15 is 0 Å². The Hall–Kier alpha value is -2.45. The van der Waals surface area contributed by atoms with Gasteiger partial charge in [0.2, 0.25) is 10.0 Å². The molecule has 2 N–H and O–H groups in total. The first-order chi connectivity index (χ1) is 13.3. The lowest BCUT2D eigenvalue weighted by atomic mass is 10.2. The van der Waals surface area contributed by atoms with E-state index in [1.54, 1.807) is 19.9 Å². The monoisotopic (exact) mass is 408 g/mol. The highest BCUT2D eigenvalue weighted by Crippen LogP contribution is 2.29. The molecule has 0 aliphatic heterocycles. The van der Waals surface area contributed by atoms with Gasteiger partial charge in [0.15, 0.2) is 0 Å². The van der Waals surface area contributed by atoms with Crippen molar-refractivity contribution in [2.24, 2.45) is 0 Å². The van der Waals surface area contributed by atoms with Crippen molar-refractivity contribution in [3.8, 4) is 5.75 Å². The fourth-order valence-corrected chi connectivity index (χ4v) is 4.02. The maximum Gasteiger partial charge on any atom is 0.258 e. The highest BCUT2D eigenvalue weighted by molar-refractivity contribution is 7.89. The lowest BCUT2D eigenvalue weighted by Gasteiger charge is -2.16. The average Bonchev–Trinajstić information content (AvgIpc) is 2.63.